The number of amides is 3. The number of ether oxygens (including phenoxy) is 2. The molecule has 5 atom stereocenters. The monoisotopic (exact) mass is 663 g/mol. The van der Waals surface area contributed by atoms with E-state index in [1.807, 2.05) is 84.9 Å². The molecule has 2 heterocycles. The maximum Gasteiger partial charge on any atom is 0.410 e. The molecule has 256 valence electrons. The fourth-order valence-corrected chi connectivity index (χ4v) is 8.28. The van der Waals surface area contributed by atoms with E-state index in [-0.39, 0.29) is 18.4 Å². The van der Waals surface area contributed by atoms with Gasteiger partial charge in [-0.25, -0.2) is 14.6 Å². The molecule has 4 aliphatic rings. The Labute approximate surface area is 287 Å². The van der Waals surface area contributed by atoms with E-state index in [1.165, 1.54) is 0 Å². The normalized spacial score (nSPS) is 24.6. The van der Waals surface area contributed by atoms with Gasteiger partial charge in [0.2, 0.25) is 11.9 Å². The highest BCUT2D eigenvalue weighted by atomic mass is 16.6. The van der Waals surface area contributed by atoms with Crippen LogP contribution in [-0.2, 0) is 14.3 Å². The standard InChI is InChI=1S/C39H45N5O5/c1-37(2,3)48-35(46)43-19-20-44(36(47)49-38(4,5)6)32-30-27-17-11-10-16-25(27)28(31(32)43)21-39(30,7)33(45)42-34-40-22-29(41-34)26-18-12-14-23-13-8-9-15-24(23)26/h8-18,22,28,30-32H,19-21H2,1-7H3,(H2,40,41,42,45). The molecular formula is C39H45N5O5. The van der Waals surface area contributed by atoms with E-state index in [1.54, 1.807) is 16.0 Å². The Morgan fingerprint density at radius 1 is 0.816 bits per heavy atom. The fourth-order valence-electron chi connectivity index (χ4n) is 8.28. The highest BCUT2D eigenvalue weighted by Gasteiger charge is 2.65. The number of carbonyl (C=O) groups is 3. The van der Waals surface area contributed by atoms with Crippen LogP contribution in [0.1, 0.15) is 77.8 Å². The summed E-state index contributed by atoms with van der Waals surface area (Å²) in [6.45, 7) is 13.6. The minimum absolute atomic E-state index is 0.201. The summed E-state index contributed by atoms with van der Waals surface area (Å²) in [4.78, 5) is 53.7. The first-order valence-corrected chi connectivity index (χ1v) is 17.1. The minimum atomic E-state index is -0.955. The summed E-state index contributed by atoms with van der Waals surface area (Å²) < 4.78 is 11.8. The number of anilines is 1. The second kappa shape index (κ2) is 11.6. The van der Waals surface area contributed by atoms with Crippen LogP contribution in [0.3, 0.4) is 0 Å². The van der Waals surface area contributed by atoms with Gasteiger partial charge in [0.1, 0.15) is 11.2 Å². The van der Waals surface area contributed by atoms with Crippen molar-refractivity contribution >= 4 is 34.8 Å². The van der Waals surface area contributed by atoms with Crippen molar-refractivity contribution in [2.45, 2.75) is 90.0 Å². The zero-order chi connectivity index (χ0) is 34.9. The molecule has 5 unspecified atom stereocenters. The molecule has 49 heavy (non-hydrogen) atoms. The number of piperazine rings is 1. The SMILES string of the molecule is CC(C)(C)OC(=O)N1CCN(C(=O)OC(C)(C)C)C2C1C1CC(C)(C(=O)Nc3ncc(-c4cccc5ccccc45)[nH]3)C2c2ccccc21. The zero-order valence-electron chi connectivity index (χ0n) is 29.2. The van der Waals surface area contributed by atoms with E-state index in [9.17, 15) is 14.4 Å². The van der Waals surface area contributed by atoms with Crippen LogP contribution < -0.4 is 5.32 Å². The van der Waals surface area contributed by atoms with Crippen LogP contribution in [0.4, 0.5) is 15.5 Å². The van der Waals surface area contributed by atoms with Gasteiger partial charge >= 0.3 is 12.2 Å². The minimum Gasteiger partial charge on any atom is -0.444 e. The van der Waals surface area contributed by atoms with Crippen molar-refractivity contribution < 1.29 is 23.9 Å². The van der Waals surface area contributed by atoms with E-state index < -0.39 is 46.8 Å². The van der Waals surface area contributed by atoms with E-state index in [2.05, 4.69) is 45.6 Å². The Hall–Kier alpha value is -4.86. The maximum atomic E-state index is 14.6. The van der Waals surface area contributed by atoms with Gasteiger partial charge in [0, 0.05) is 30.5 Å². The predicted octanol–water partition coefficient (Wildman–Crippen LogP) is 7.68. The highest BCUT2D eigenvalue weighted by molar-refractivity contribution is 5.98. The van der Waals surface area contributed by atoms with Crippen LogP contribution in [0, 0.1) is 5.41 Å². The summed E-state index contributed by atoms with van der Waals surface area (Å²) >= 11 is 0. The molecule has 8 rings (SSSR count). The number of nitrogens with one attached hydrogen (secondary N) is 2. The largest absolute Gasteiger partial charge is 0.444 e. The number of aromatic nitrogens is 2. The van der Waals surface area contributed by atoms with Crippen molar-refractivity contribution in [1.29, 1.82) is 0 Å². The maximum absolute atomic E-state index is 14.6. The van der Waals surface area contributed by atoms with Crippen molar-refractivity contribution in [3.8, 4) is 11.3 Å². The number of hydrogen-bond donors (Lipinski definition) is 2. The zero-order valence-corrected chi connectivity index (χ0v) is 29.2. The van der Waals surface area contributed by atoms with Crippen molar-refractivity contribution in [2.24, 2.45) is 5.41 Å². The number of rotatable bonds is 3. The molecule has 0 spiro atoms. The van der Waals surface area contributed by atoms with Gasteiger partial charge in [0.25, 0.3) is 0 Å². The van der Waals surface area contributed by atoms with Crippen LogP contribution in [0.25, 0.3) is 22.0 Å². The Morgan fingerprint density at radius 2 is 1.41 bits per heavy atom. The number of nitrogens with zero attached hydrogens (tertiary/aromatic N) is 3. The van der Waals surface area contributed by atoms with E-state index >= 15 is 0 Å². The second-order valence-electron chi connectivity index (χ2n) is 15.8. The summed E-state index contributed by atoms with van der Waals surface area (Å²) in [5, 5.41) is 5.30. The summed E-state index contributed by atoms with van der Waals surface area (Å²) in [5.74, 6) is -0.525. The number of hydrogen-bond acceptors (Lipinski definition) is 6. The molecular weight excluding hydrogens is 618 g/mol. The van der Waals surface area contributed by atoms with Crippen molar-refractivity contribution in [2.75, 3.05) is 18.4 Å². The number of benzene rings is 3. The number of H-pyrrole nitrogens is 1. The van der Waals surface area contributed by atoms with E-state index in [0.29, 0.717) is 18.9 Å². The van der Waals surface area contributed by atoms with Crippen LogP contribution >= 0.6 is 0 Å². The van der Waals surface area contributed by atoms with Gasteiger partial charge in [-0.2, -0.15) is 0 Å². The molecule has 1 saturated heterocycles. The van der Waals surface area contributed by atoms with Crippen LogP contribution in [0.15, 0.2) is 72.9 Å². The lowest BCUT2D eigenvalue weighted by Crippen LogP contribution is -2.72. The summed E-state index contributed by atoms with van der Waals surface area (Å²) in [6, 6.07) is 21.4. The topological polar surface area (TPSA) is 117 Å². The van der Waals surface area contributed by atoms with Crippen LogP contribution in [-0.4, -0.2) is 74.2 Å². The number of aromatic amines is 1. The molecule has 3 amide bonds. The van der Waals surface area contributed by atoms with Crippen molar-refractivity contribution in [1.82, 2.24) is 19.8 Å². The van der Waals surface area contributed by atoms with Crippen molar-refractivity contribution in [3.05, 3.63) is 84.1 Å². The molecule has 1 aromatic heterocycles. The summed E-state index contributed by atoms with van der Waals surface area (Å²) in [7, 11) is 0. The molecule has 4 aromatic rings. The molecule has 2 bridgehead atoms. The number of imidazole rings is 1. The third-order valence-electron chi connectivity index (χ3n) is 10.1. The number of carbonyl (C=O) groups excluding carboxylic acids is 3. The van der Waals surface area contributed by atoms with Crippen molar-refractivity contribution in [3.63, 3.8) is 0 Å². The van der Waals surface area contributed by atoms with E-state index in [0.717, 1.165) is 33.2 Å². The summed E-state index contributed by atoms with van der Waals surface area (Å²) in [6.07, 6.45) is 1.34. The molecule has 2 fully saturated rings. The Morgan fingerprint density at radius 3 is 2.08 bits per heavy atom. The van der Waals surface area contributed by atoms with Gasteiger partial charge in [0.15, 0.2) is 0 Å². The molecule has 1 saturated carbocycles. The average molecular weight is 664 g/mol. The van der Waals surface area contributed by atoms with Gasteiger partial charge in [0.05, 0.1) is 29.4 Å². The third kappa shape index (κ3) is 5.81. The lowest BCUT2D eigenvalue weighted by Gasteiger charge is -2.63. The molecule has 10 nitrogen and oxygen atoms in total. The Balaban J connectivity index is 1.26. The number of fused-ring (bicyclic) bond motifs is 2. The van der Waals surface area contributed by atoms with Crippen LogP contribution in [0.5, 0.6) is 0 Å². The van der Waals surface area contributed by atoms with Gasteiger partial charge < -0.3 is 24.3 Å². The average Bonchev–Trinajstić information content (AvgIpc) is 3.50. The summed E-state index contributed by atoms with van der Waals surface area (Å²) in [5.41, 5.74) is 1.52. The van der Waals surface area contributed by atoms with Gasteiger partial charge in [-0.3, -0.25) is 10.1 Å². The molecule has 3 aliphatic carbocycles. The molecule has 2 N–H and O–H groups in total. The highest BCUT2D eigenvalue weighted by Crippen LogP contribution is 2.62. The first-order chi connectivity index (χ1) is 23.1. The van der Waals surface area contributed by atoms with E-state index in [4.69, 9.17) is 9.47 Å². The second-order valence-corrected chi connectivity index (χ2v) is 15.8. The first-order valence-electron chi connectivity index (χ1n) is 17.1. The predicted molar refractivity (Wildman–Crippen MR) is 188 cm³/mol. The molecule has 10 heteroatoms. The fraction of sp³-hybridized carbons (Fsp3) is 0.436. The first kappa shape index (κ1) is 32.7. The Kier molecular flexibility index (Phi) is 7.76. The third-order valence-corrected chi connectivity index (χ3v) is 10.1. The molecule has 3 aromatic carbocycles. The lowest BCUT2D eigenvalue weighted by molar-refractivity contribution is -0.136. The van der Waals surface area contributed by atoms with Gasteiger partial charge in [-0.05, 0) is 69.9 Å². The molecule has 0 radical (unpaired) electrons. The smallest absolute Gasteiger partial charge is 0.410 e. The molecule has 1 aliphatic heterocycles. The Bertz CT molecular complexity index is 1930. The quantitative estimate of drug-likeness (QED) is 0.232. The van der Waals surface area contributed by atoms with Gasteiger partial charge in [-0.1, -0.05) is 73.7 Å². The van der Waals surface area contributed by atoms with Gasteiger partial charge in [-0.15, -0.1) is 0 Å². The van der Waals surface area contributed by atoms with Crippen LogP contribution in [0.2, 0.25) is 0 Å². The lowest BCUT2D eigenvalue weighted by atomic mass is 9.50.